The predicted octanol–water partition coefficient (Wildman–Crippen LogP) is 3.18. The van der Waals surface area contributed by atoms with E-state index in [2.05, 4.69) is 48.8 Å². The number of aliphatic hydroxyl groups excluding tert-OH is 1. The van der Waals surface area contributed by atoms with Gasteiger partial charge in [-0.1, -0.05) is 30.9 Å². The molecule has 1 aromatic rings. The minimum atomic E-state index is 0.135. The molecule has 1 aromatic carbocycles. The molecular formula is C18H25NO. The number of nitrogens with zero attached hydrogens (tertiary/aromatic N) is 1. The van der Waals surface area contributed by atoms with Gasteiger partial charge in [-0.25, -0.2) is 0 Å². The summed E-state index contributed by atoms with van der Waals surface area (Å²) in [5.74, 6) is 6.11. The summed E-state index contributed by atoms with van der Waals surface area (Å²) in [7, 11) is 0. The summed E-state index contributed by atoms with van der Waals surface area (Å²) < 4.78 is 0. The van der Waals surface area contributed by atoms with E-state index in [1.54, 1.807) is 0 Å². The van der Waals surface area contributed by atoms with Crippen molar-refractivity contribution in [2.24, 2.45) is 0 Å². The summed E-state index contributed by atoms with van der Waals surface area (Å²) in [6, 6.07) is 9.91. The van der Waals surface area contributed by atoms with Crippen LogP contribution in [-0.2, 0) is 6.54 Å². The molecule has 2 nitrogen and oxygen atoms in total. The van der Waals surface area contributed by atoms with Crippen molar-refractivity contribution in [3.63, 3.8) is 0 Å². The van der Waals surface area contributed by atoms with Gasteiger partial charge < -0.3 is 5.11 Å². The van der Waals surface area contributed by atoms with Gasteiger partial charge in [0.05, 0.1) is 6.61 Å². The Morgan fingerprint density at radius 2 is 2.20 bits per heavy atom. The summed E-state index contributed by atoms with van der Waals surface area (Å²) in [5.41, 5.74) is 2.39. The van der Waals surface area contributed by atoms with Crippen LogP contribution < -0.4 is 0 Å². The minimum Gasteiger partial charge on any atom is -0.395 e. The van der Waals surface area contributed by atoms with E-state index in [0.717, 1.165) is 18.2 Å². The van der Waals surface area contributed by atoms with Gasteiger partial charge in [0.15, 0.2) is 0 Å². The zero-order chi connectivity index (χ0) is 14.4. The third-order valence-electron chi connectivity index (χ3n) is 4.19. The van der Waals surface area contributed by atoms with Crippen LogP contribution in [0.3, 0.4) is 0 Å². The van der Waals surface area contributed by atoms with Gasteiger partial charge in [0.2, 0.25) is 0 Å². The molecule has 1 heterocycles. The summed E-state index contributed by atoms with van der Waals surface area (Å²) >= 11 is 0. The summed E-state index contributed by atoms with van der Waals surface area (Å²) in [6.45, 7) is 5.78. The van der Waals surface area contributed by atoms with Crippen LogP contribution in [0, 0.1) is 11.8 Å². The molecule has 2 atom stereocenters. The molecule has 108 valence electrons. The van der Waals surface area contributed by atoms with Crippen molar-refractivity contribution in [2.45, 2.75) is 58.2 Å². The highest BCUT2D eigenvalue weighted by molar-refractivity contribution is 5.37. The highest BCUT2D eigenvalue weighted by Gasteiger charge is 2.28. The Labute approximate surface area is 122 Å². The summed E-state index contributed by atoms with van der Waals surface area (Å²) in [6.07, 6.45) is 4.42. The summed E-state index contributed by atoms with van der Waals surface area (Å²) in [4.78, 5) is 2.63. The second-order valence-electron chi connectivity index (χ2n) is 5.64. The molecule has 0 radical (unpaired) electrons. The number of rotatable bonds is 4. The molecule has 2 heteroatoms. The molecule has 2 unspecified atom stereocenters. The second kappa shape index (κ2) is 7.47. The lowest BCUT2D eigenvalue weighted by Crippen LogP contribution is -2.33. The van der Waals surface area contributed by atoms with E-state index in [1.807, 2.05) is 6.07 Å². The maximum Gasteiger partial charge on any atom is 0.0540 e. The van der Waals surface area contributed by atoms with Crippen LogP contribution in [0.25, 0.3) is 0 Å². The molecule has 0 bridgehead atoms. The topological polar surface area (TPSA) is 23.5 Å². The van der Waals surface area contributed by atoms with Crippen molar-refractivity contribution in [1.82, 2.24) is 4.90 Å². The molecule has 0 spiro atoms. The standard InChI is InChI=1S/C18H25NO/c1-3-18-11-10-15(2)19(18)14-17-9-6-8-16(13-17)7-4-5-12-20/h6,8-9,13,15,18,20H,3,5,10-12,14H2,1-2H3. The van der Waals surface area contributed by atoms with E-state index >= 15 is 0 Å². The van der Waals surface area contributed by atoms with Gasteiger partial charge in [0, 0.05) is 30.6 Å². The van der Waals surface area contributed by atoms with Gasteiger partial charge >= 0.3 is 0 Å². The van der Waals surface area contributed by atoms with E-state index < -0.39 is 0 Å². The fraction of sp³-hybridized carbons (Fsp3) is 0.556. The van der Waals surface area contributed by atoms with Gasteiger partial charge in [-0.2, -0.15) is 0 Å². The molecule has 1 fully saturated rings. The van der Waals surface area contributed by atoms with Crippen LogP contribution >= 0.6 is 0 Å². The lowest BCUT2D eigenvalue weighted by Gasteiger charge is -2.27. The molecule has 0 aromatic heterocycles. The average Bonchev–Trinajstić information content (AvgIpc) is 2.80. The Balaban J connectivity index is 2.06. The van der Waals surface area contributed by atoms with Gasteiger partial charge in [0.1, 0.15) is 0 Å². The fourth-order valence-corrected chi connectivity index (χ4v) is 3.03. The van der Waals surface area contributed by atoms with Gasteiger partial charge in [-0.3, -0.25) is 4.90 Å². The van der Waals surface area contributed by atoms with Crippen LogP contribution in [0.2, 0.25) is 0 Å². The molecule has 0 amide bonds. The van der Waals surface area contributed by atoms with Crippen LogP contribution in [0.4, 0.5) is 0 Å². The second-order valence-corrected chi connectivity index (χ2v) is 5.64. The van der Waals surface area contributed by atoms with Crippen LogP contribution in [0.1, 0.15) is 50.7 Å². The van der Waals surface area contributed by atoms with E-state index in [1.165, 1.54) is 24.8 Å². The summed E-state index contributed by atoms with van der Waals surface area (Å²) in [5, 5.41) is 8.76. The van der Waals surface area contributed by atoms with Crippen molar-refractivity contribution in [3.05, 3.63) is 35.4 Å². The smallest absolute Gasteiger partial charge is 0.0540 e. The van der Waals surface area contributed by atoms with Crippen LogP contribution in [0.15, 0.2) is 24.3 Å². The molecule has 1 aliphatic heterocycles. The first-order valence-corrected chi connectivity index (χ1v) is 7.69. The molecule has 1 saturated heterocycles. The fourth-order valence-electron chi connectivity index (χ4n) is 3.03. The number of benzene rings is 1. The van der Waals surface area contributed by atoms with E-state index in [9.17, 15) is 0 Å². The molecule has 0 aliphatic carbocycles. The van der Waals surface area contributed by atoms with Crippen molar-refractivity contribution in [3.8, 4) is 11.8 Å². The lowest BCUT2D eigenvalue weighted by atomic mass is 10.1. The normalized spacial score (nSPS) is 22.6. The monoisotopic (exact) mass is 271 g/mol. The third kappa shape index (κ3) is 3.85. The number of likely N-dealkylation sites (tertiary alicyclic amines) is 1. The van der Waals surface area contributed by atoms with Gasteiger partial charge in [-0.05, 0) is 43.9 Å². The zero-order valence-corrected chi connectivity index (χ0v) is 12.6. The van der Waals surface area contributed by atoms with E-state index in [-0.39, 0.29) is 6.61 Å². The molecule has 1 N–H and O–H groups in total. The average molecular weight is 271 g/mol. The Hall–Kier alpha value is -1.30. The molecule has 0 saturated carbocycles. The highest BCUT2D eigenvalue weighted by atomic mass is 16.2. The third-order valence-corrected chi connectivity index (χ3v) is 4.19. The Morgan fingerprint density at radius 1 is 1.35 bits per heavy atom. The first-order valence-electron chi connectivity index (χ1n) is 7.69. The Kier molecular flexibility index (Phi) is 5.64. The number of aliphatic hydroxyl groups is 1. The first-order chi connectivity index (χ1) is 9.74. The number of hydrogen-bond donors (Lipinski definition) is 1. The van der Waals surface area contributed by atoms with E-state index in [0.29, 0.717) is 12.5 Å². The van der Waals surface area contributed by atoms with Crippen molar-refractivity contribution in [2.75, 3.05) is 6.61 Å². The van der Waals surface area contributed by atoms with Crippen molar-refractivity contribution < 1.29 is 5.11 Å². The largest absolute Gasteiger partial charge is 0.395 e. The quantitative estimate of drug-likeness (QED) is 0.850. The van der Waals surface area contributed by atoms with Crippen LogP contribution in [-0.4, -0.2) is 28.7 Å². The highest BCUT2D eigenvalue weighted by Crippen LogP contribution is 2.27. The first kappa shape index (κ1) is 15.1. The minimum absolute atomic E-state index is 0.135. The molecule has 2 rings (SSSR count). The zero-order valence-electron chi connectivity index (χ0n) is 12.6. The van der Waals surface area contributed by atoms with Crippen molar-refractivity contribution >= 4 is 0 Å². The van der Waals surface area contributed by atoms with Crippen LogP contribution in [0.5, 0.6) is 0 Å². The molecular weight excluding hydrogens is 246 g/mol. The van der Waals surface area contributed by atoms with Gasteiger partial charge in [0.25, 0.3) is 0 Å². The van der Waals surface area contributed by atoms with Gasteiger partial charge in [-0.15, -0.1) is 0 Å². The van der Waals surface area contributed by atoms with E-state index in [4.69, 9.17) is 5.11 Å². The number of hydrogen-bond acceptors (Lipinski definition) is 2. The maximum absolute atomic E-state index is 8.76. The molecule has 20 heavy (non-hydrogen) atoms. The predicted molar refractivity (Wildman–Crippen MR) is 83.3 cm³/mol. The Morgan fingerprint density at radius 3 is 2.95 bits per heavy atom. The molecule has 1 aliphatic rings. The Bertz CT molecular complexity index is 486. The lowest BCUT2D eigenvalue weighted by molar-refractivity contribution is 0.189. The van der Waals surface area contributed by atoms with Crippen molar-refractivity contribution in [1.29, 1.82) is 0 Å². The maximum atomic E-state index is 8.76. The SMILES string of the molecule is CCC1CCC(C)N1Cc1cccc(C#CCCO)c1.